The Morgan fingerprint density at radius 3 is 2.50 bits per heavy atom. The van der Waals surface area contributed by atoms with Crippen molar-refractivity contribution in [2.75, 3.05) is 0 Å². The maximum Gasteiger partial charge on any atom is 0.306 e. The lowest BCUT2D eigenvalue weighted by molar-refractivity contribution is -0.346. The Labute approximate surface area is 181 Å². The molecule has 166 valence electrons. The molecule has 0 aromatic heterocycles. The van der Waals surface area contributed by atoms with E-state index in [1.54, 1.807) is 0 Å². The van der Waals surface area contributed by atoms with Crippen molar-refractivity contribution in [1.82, 2.24) is 0 Å². The van der Waals surface area contributed by atoms with Gasteiger partial charge in [-0.3, -0.25) is 4.79 Å². The largest absolute Gasteiger partial charge is 0.481 e. The number of hydrogen-bond acceptors (Lipinski definition) is 3. The highest BCUT2D eigenvalue weighted by Crippen LogP contribution is 2.42. The highest BCUT2D eigenvalue weighted by atomic mass is 17.2. The molecule has 1 heterocycles. The van der Waals surface area contributed by atoms with E-state index in [9.17, 15) is 4.79 Å². The molecule has 0 bridgehead atoms. The first kappa shape index (κ1) is 24.4. The Bertz CT molecular complexity index is 696. The number of carbonyl (C=O) groups is 1. The Balaban J connectivity index is 1.53. The van der Waals surface area contributed by atoms with E-state index < -0.39 is 11.6 Å². The third-order valence-corrected chi connectivity index (χ3v) is 5.65. The predicted molar refractivity (Wildman–Crippen MR) is 122 cm³/mol. The molecule has 0 amide bonds. The summed E-state index contributed by atoms with van der Waals surface area (Å²) >= 11 is 0. The third kappa shape index (κ3) is 9.27. The molecule has 1 aromatic carbocycles. The zero-order chi connectivity index (χ0) is 21.9. The fourth-order valence-corrected chi connectivity index (χ4v) is 4.42. The number of unbranched alkanes of at least 4 members (excludes halogenated alkanes) is 4. The smallest absolute Gasteiger partial charge is 0.306 e. The van der Waals surface area contributed by atoms with Gasteiger partial charge in [-0.05, 0) is 44.6 Å². The van der Waals surface area contributed by atoms with Crippen LogP contribution in [0.15, 0.2) is 48.6 Å². The average Bonchev–Trinajstić information content (AvgIpc) is 2.97. The number of carboxylic acids is 1. The summed E-state index contributed by atoms with van der Waals surface area (Å²) in [7, 11) is 0. The van der Waals surface area contributed by atoms with Gasteiger partial charge in [-0.1, -0.05) is 87.2 Å². The van der Waals surface area contributed by atoms with Gasteiger partial charge in [0.25, 0.3) is 0 Å². The zero-order valence-corrected chi connectivity index (χ0v) is 18.8. The standard InChI is InChI=1S/C26H38O4/c1-22(19-25(2)21-26(3,30-29-25)20-24(27)28)15-11-8-6-4-5-7-9-12-16-23-17-13-10-14-18-23/h7,9-10,12-14,16-18,22H,4-6,8,11,15,19-21H2,1-3H3,(H,27,28)/t22-,25-,26-/m1/s1. The number of allylic oxidation sites excluding steroid dienone is 3. The number of hydrogen-bond donors (Lipinski definition) is 1. The molecule has 0 radical (unpaired) electrons. The van der Waals surface area contributed by atoms with Crippen LogP contribution in [-0.2, 0) is 14.6 Å². The van der Waals surface area contributed by atoms with E-state index in [0.29, 0.717) is 12.3 Å². The summed E-state index contributed by atoms with van der Waals surface area (Å²) in [6, 6.07) is 10.3. The lowest BCUT2D eigenvalue weighted by atomic mass is 9.81. The van der Waals surface area contributed by atoms with E-state index in [4.69, 9.17) is 14.9 Å². The molecule has 1 aliphatic heterocycles. The summed E-state index contributed by atoms with van der Waals surface area (Å²) in [6.45, 7) is 6.11. The van der Waals surface area contributed by atoms with E-state index in [1.165, 1.54) is 37.7 Å². The first-order chi connectivity index (χ1) is 14.3. The Morgan fingerprint density at radius 1 is 1.07 bits per heavy atom. The SMILES string of the molecule is C[C@H](CCCCCCC=CC=Cc1ccccc1)C[C@]1(C)C[C@@](C)(CC(=O)O)OO1. The van der Waals surface area contributed by atoms with Crippen molar-refractivity contribution in [3.63, 3.8) is 0 Å². The monoisotopic (exact) mass is 414 g/mol. The normalized spacial score (nSPS) is 25.3. The molecular formula is C26H38O4. The Kier molecular flexibility index (Phi) is 9.80. The van der Waals surface area contributed by atoms with E-state index in [1.807, 2.05) is 19.9 Å². The molecule has 0 saturated carbocycles. The molecule has 4 nitrogen and oxygen atoms in total. The second-order valence-electron chi connectivity index (χ2n) is 9.31. The van der Waals surface area contributed by atoms with Gasteiger partial charge in [0.15, 0.2) is 0 Å². The van der Waals surface area contributed by atoms with E-state index in [0.717, 1.165) is 12.8 Å². The first-order valence-corrected chi connectivity index (χ1v) is 11.3. The third-order valence-electron chi connectivity index (χ3n) is 5.65. The van der Waals surface area contributed by atoms with Crippen LogP contribution in [0.2, 0.25) is 0 Å². The maximum absolute atomic E-state index is 11.0. The topological polar surface area (TPSA) is 55.8 Å². The predicted octanol–water partition coefficient (Wildman–Crippen LogP) is 6.97. The molecule has 1 saturated heterocycles. The minimum absolute atomic E-state index is 0.0204. The first-order valence-electron chi connectivity index (χ1n) is 11.3. The summed E-state index contributed by atoms with van der Waals surface area (Å²) in [5, 5.41) is 9.04. The maximum atomic E-state index is 11.0. The van der Waals surface area contributed by atoms with Gasteiger partial charge in [0.1, 0.15) is 11.2 Å². The minimum Gasteiger partial charge on any atom is -0.481 e. The summed E-state index contributed by atoms with van der Waals surface area (Å²) in [5.41, 5.74) is 0.123. The van der Waals surface area contributed by atoms with Gasteiger partial charge in [0.2, 0.25) is 0 Å². The van der Waals surface area contributed by atoms with Crippen molar-refractivity contribution in [1.29, 1.82) is 0 Å². The molecule has 1 aromatic rings. The van der Waals surface area contributed by atoms with Crippen molar-refractivity contribution in [3.05, 3.63) is 54.1 Å². The van der Waals surface area contributed by atoms with Crippen molar-refractivity contribution >= 4 is 12.0 Å². The summed E-state index contributed by atoms with van der Waals surface area (Å²) in [6.07, 6.45) is 17.4. The van der Waals surface area contributed by atoms with Crippen LogP contribution in [-0.4, -0.2) is 22.3 Å². The van der Waals surface area contributed by atoms with Crippen molar-refractivity contribution in [2.24, 2.45) is 5.92 Å². The number of aliphatic carboxylic acids is 1. The number of benzene rings is 1. The lowest BCUT2D eigenvalue weighted by Crippen LogP contribution is -2.31. The molecule has 1 N–H and O–H groups in total. The second-order valence-corrected chi connectivity index (χ2v) is 9.31. The van der Waals surface area contributed by atoms with Gasteiger partial charge in [-0.2, -0.15) is 0 Å². The van der Waals surface area contributed by atoms with Crippen LogP contribution in [0.1, 0.15) is 84.1 Å². The van der Waals surface area contributed by atoms with E-state index in [-0.39, 0.29) is 12.0 Å². The summed E-state index contributed by atoms with van der Waals surface area (Å²) in [4.78, 5) is 22.0. The summed E-state index contributed by atoms with van der Waals surface area (Å²) in [5.74, 6) is -0.311. The second kappa shape index (κ2) is 12.1. The van der Waals surface area contributed by atoms with E-state index in [2.05, 4.69) is 55.5 Å². The molecule has 3 atom stereocenters. The molecular weight excluding hydrogens is 376 g/mol. The van der Waals surface area contributed by atoms with Gasteiger partial charge in [-0.25, -0.2) is 9.78 Å². The van der Waals surface area contributed by atoms with Gasteiger partial charge in [-0.15, -0.1) is 0 Å². The highest BCUT2D eigenvalue weighted by molar-refractivity contribution is 5.68. The minimum atomic E-state index is -0.847. The van der Waals surface area contributed by atoms with E-state index >= 15 is 0 Å². The van der Waals surface area contributed by atoms with Crippen LogP contribution in [0, 0.1) is 5.92 Å². The van der Waals surface area contributed by atoms with Crippen LogP contribution in [0.25, 0.3) is 6.08 Å². The highest BCUT2D eigenvalue weighted by Gasteiger charge is 2.47. The zero-order valence-electron chi connectivity index (χ0n) is 18.8. The van der Waals surface area contributed by atoms with Gasteiger partial charge in [0.05, 0.1) is 6.42 Å². The molecule has 2 rings (SSSR count). The van der Waals surface area contributed by atoms with Crippen LogP contribution in [0.5, 0.6) is 0 Å². The van der Waals surface area contributed by atoms with Crippen molar-refractivity contribution in [2.45, 2.75) is 89.8 Å². The molecule has 4 heteroatoms. The van der Waals surface area contributed by atoms with Gasteiger partial charge >= 0.3 is 5.97 Å². The average molecular weight is 415 g/mol. The van der Waals surface area contributed by atoms with Crippen molar-refractivity contribution < 1.29 is 19.7 Å². The molecule has 1 aliphatic rings. The Morgan fingerprint density at radius 2 is 1.77 bits per heavy atom. The number of rotatable bonds is 13. The number of carboxylic acid groups (broad SMARTS) is 1. The lowest BCUT2D eigenvalue weighted by Gasteiger charge is -2.25. The van der Waals surface area contributed by atoms with Crippen LogP contribution in [0.4, 0.5) is 0 Å². The molecule has 1 fully saturated rings. The Hall–Kier alpha value is -1.91. The quantitative estimate of drug-likeness (QED) is 0.215. The van der Waals surface area contributed by atoms with Crippen molar-refractivity contribution in [3.8, 4) is 0 Å². The molecule has 0 aliphatic carbocycles. The molecule has 0 unspecified atom stereocenters. The van der Waals surface area contributed by atoms with Gasteiger partial charge < -0.3 is 5.11 Å². The van der Waals surface area contributed by atoms with Gasteiger partial charge in [0, 0.05) is 6.42 Å². The van der Waals surface area contributed by atoms with Crippen LogP contribution >= 0.6 is 0 Å². The summed E-state index contributed by atoms with van der Waals surface area (Å²) < 4.78 is 0. The molecule has 0 spiro atoms. The van der Waals surface area contributed by atoms with Crippen LogP contribution in [0.3, 0.4) is 0 Å². The molecule has 30 heavy (non-hydrogen) atoms. The fourth-order valence-electron chi connectivity index (χ4n) is 4.42. The van der Waals surface area contributed by atoms with Crippen LogP contribution < -0.4 is 0 Å². The fraction of sp³-hybridized carbons (Fsp3) is 0.577.